The van der Waals surface area contributed by atoms with E-state index in [2.05, 4.69) is 20.7 Å². The standard InChI is InChI=1S/C26H33N5O6S3/c1-40(36,37)30-20-8-4-7-19(15-20)16-28-25(33)29-23(11-2-3-12-27-26(34)35)24(32)31(17-21-9-5-13-38-21)18-22-10-6-14-39-22/h4-10,13-15,23,27,30H,2-3,11-12,16-18H2,1H3,(H,34,35)(H2,28,29,33)/t23-/m0/s1. The van der Waals surface area contributed by atoms with E-state index in [1.165, 1.54) is 0 Å². The zero-order valence-corrected chi connectivity index (χ0v) is 24.4. The van der Waals surface area contributed by atoms with Gasteiger partial charge >= 0.3 is 12.1 Å². The van der Waals surface area contributed by atoms with Crippen molar-refractivity contribution in [1.29, 1.82) is 0 Å². The van der Waals surface area contributed by atoms with Gasteiger partial charge in [-0.2, -0.15) is 0 Å². The molecule has 1 aromatic carbocycles. The first kappa shape index (κ1) is 30.9. The molecular formula is C26H33N5O6S3. The first-order chi connectivity index (χ1) is 19.1. The van der Waals surface area contributed by atoms with Gasteiger partial charge in [0.2, 0.25) is 15.9 Å². The molecule has 0 radical (unpaired) electrons. The van der Waals surface area contributed by atoms with E-state index in [0.717, 1.165) is 16.0 Å². The Morgan fingerprint density at radius 1 is 0.950 bits per heavy atom. The van der Waals surface area contributed by atoms with E-state index < -0.39 is 28.2 Å². The summed E-state index contributed by atoms with van der Waals surface area (Å²) in [6.45, 7) is 1.15. The van der Waals surface area contributed by atoms with Crippen molar-refractivity contribution >= 4 is 56.4 Å². The number of anilines is 1. The Kier molecular flexibility index (Phi) is 11.8. The Labute approximate surface area is 241 Å². The third-order valence-corrected chi connectivity index (χ3v) is 7.98. The highest BCUT2D eigenvalue weighted by Gasteiger charge is 2.26. The van der Waals surface area contributed by atoms with Crippen molar-refractivity contribution in [2.45, 2.75) is 44.9 Å². The van der Waals surface area contributed by atoms with Crippen molar-refractivity contribution in [1.82, 2.24) is 20.9 Å². The largest absolute Gasteiger partial charge is 0.465 e. The number of carbonyl (C=O) groups is 3. The molecule has 0 unspecified atom stereocenters. The molecule has 2 aromatic heterocycles. The number of nitrogens with one attached hydrogen (secondary N) is 4. The van der Waals surface area contributed by atoms with E-state index in [4.69, 9.17) is 5.11 Å². The van der Waals surface area contributed by atoms with Gasteiger partial charge in [-0.05, 0) is 59.9 Å². The van der Waals surface area contributed by atoms with Crippen LogP contribution in [-0.4, -0.2) is 55.3 Å². The molecule has 14 heteroatoms. The summed E-state index contributed by atoms with van der Waals surface area (Å²) < 4.78 is 25.4. The minimum Gasteiger partial charge on any atom is -0.465 e. The Hall–Kier alpha value is -3.62. The van der Waals surface area contributed by atoms with Gasteiger partial charge in [0.05, 0.1) is 19.3 Å². The molecule has 0 fully saturated rings. The normalized spacial score (nSPS) is 11.8. The van der Waals surface area contributed by atoms with Gasteiger partial charge in [0.15, 0.2) is 0 Å². The molecule has 11 nitrogen and oxygen atoms in total. The van der Waals surface area contributed by atoms with E-state index in [0.29, 0.717) is 43.6 Å². The number of hydrogen-bond donors (Lipinski definition) is 5. The Morgan fingerprint density at radius 2 is 1.62 bits per heavy atom. The quantitative estimate of drug-likeness (QED) is 0.164. The average molecular weight is 608 g/mol. The summed E-state index contributed by atoms with van der Waals surface area (Å²) >= 11 is 3.09. The molecule has 4 amide bonds. The van der Waals surface area contributed by atoms with Gasteiger partial charge in [-0.15, -0.1) is 22.7 Å². The van der Waals surface area contributed by atoms with Crippen molar-refractivity contribution in [3.63, 3.8) is 0 Å². The number of unbranched alkanes of at least 4 members (excludes halogenated alkanes) is 1. The monoisotopic (exact) mass is 607 g/mol. The van der Waals surface area contributed by atoms with Crippen LogP contribution in [0.25, 0.3) is 0 Å². The van der Waals surface area contributed by atoms with Crippen molar-refractivity contribution in [3.05, 3.63) is 74.6 Å². The fraction of sp³-hybridized carbons (Fsp3) is 0.346. The maximum absolute atomic E-state index is 13.8. The molecule has 0 spiro atoms. The Bertz CT molecular complexity index is 1310. The van der Waals surface area contributed by atoms with Crippen LogP contribution in [0.4, 0.5) is 15.3 Å². The minimum absolute atomic E-state index is 0.114. The second kappa shape index (κ2) is 15.2. The molecule has 3 rings (SSSR count). The van der Waals surface area contributed by atoms with Crippen LogP contribution in [0.2, 0.25) is 0 Å². The first-order valence-electron chi connectivity index (χ1n) is 12.5. The van der Waals surface area contributed by atoms with Crippen molar-refractivity contribution in [2.75, 3.05) is 17.5 Å². The van der Waals surface area contributed by atoms with Gasteiger partial charge in [-0.3, -0.25) is 9.52 Å². The van der Waals surface area contributed by atoms with Crippen molar-refractivity contribution in [2.24, 2.45) is 0 Å². The highest BCUT2D eigenvalue weighted by molar-refractivity contribution is 7.92. The van der Waals surface area contributed by atoms with Crippen LogP contribution in [0.3, 0.4) is 0 Å². The fourth-order valence-corrected chi connectivity index (χ4v) is 5.88. The number of thiophene rings is 2. The zero-order valence-electron chi connectivity index (χ0n) is 22.0. The van der Waals surface area contributed by atoms with Crippen LogP contribution in [-0.2, 0) is 34.5 Å². The van der Waals surface area contributed by atoms with E-state index >= 15 is 0 Å². The molecule has 0 saturated carbocycles. The van der Waals surface area contributed by atoms with Crippen LogP contribution in [0.15, 0.2) is 59.3 Å². The molecular weight excluding hydrogens is 575 g/mol. The molecule has 0 saturated heterocycles. The van der Waals surface area contributed by atoms with Crippen LogP contribution in [0, 0.1) is 0 Å². The zero-order chi connectivity index (χ0) is 29.0. The average Bonchev–Trinajstić information content (AvgIpc) is 3.59. The number of sulfonamides is 1. The molecule has 216 valence electrons. The van der Waals surface area contributed by atoms with Crippen molar-refractivity contribution in [3.8, 4) is 0 Å². The maximum atomic E-state index is 13.8. The number of hydrogen-bond acceptors (Lipinski definition) is 7. The highest BCUT2D eigenvalue weighted by Crippen LogP contribution is 2.19. The molecule has 0 aliphatic rings. The molecule has 0 bridgehead atoms. The molecule has 3 aromatic rings. The summed E-state index contributed by atoms with van der Waals surface area (Å²) in [7, 11) is -3.44. The van der Waals surface area contributed by atoms with Gasteiger partial charge < -0.3 is 26.0 Å². The molecule has 0 aliphatic heterocycles. The van der Waals surface area contributed by atoms with Gasteiger partial charge in [0.25, 0.3) is 0 Å². The van der Waals surface area contributed by atoms with Gasteiger partial charge in [0, 0.05) is 28.5 Å². The number of amides is 4. The van der Waals surface area contributed by atoms with Gasteiger partial charge in [-0.25, -0.2) is 18.0 Å². The Balaban J connectivity index is 1.68. The number of benzene rings is 1. The lowest BCUT2D eigenvalue weighted by Crippen LogP contribution is -2.50. The maximum Gasteiger partial charge on any atom is 0.404 e. The second-order valence-electron chi connectivity index (χ2n) is 9.03. The van der Waals surface area contributed by atoms with Crippen LogP contribution >= 0.6 is 22.7 Å². The predicted molar refractivity (Wildman–Crippen MR) is 157 cm³/mol. The SMILES string of the molecule is CS(=O)(=O)Nc1cccc(CNC(=O)N[C@@H](CCCCNC(=O)O)C(=O)N(Cc2cccs2)Cc2cccs2)c1. The summed E-state index contributed by atoms with van der Waals surface area (Å²) in [6.07, 6.45) is 1.30. The lowest BCUT2D eigenvalue weighted by molar-refractivity contribution is -0.134. The fourth-order valence-electron chi connectivity index (χ4n) is 3.89. The van der Waals surface area contributed by atoms with E-state index in [1.807, 2.05) is 35.0 Å². The molecule has 0 aliphatic carbocycles. The topological polar surface area (TPSA) is 157 Å². The minimum atomic E-state index is -3.44. The number of rotatable bonds is 15. The van der Waals surface area contributed by atoms with E-state index in [9.17, 15) is 22.8 Å². The number of urea groups is 1. The van der Waals surface area contributed by atoms with Crippen LogP contribution in [0.1, 0.15) is 34.6 Å². The smallest absolute Gasteiger partial charge is 0.404 e. The second-order valence-corrected chi connectivity index (χ2v) is 12.8. The van der Waals surface area contributed by atoms with Gasteiger partial charge in [0.1, 0.15) is 6.04 Å². The van der Waals surface area contributed by atoms with E-state index in [-0.39, 0.29) is 19.0 Å². The number of nitrogens with zero attached hydrogens (tertiary/aromatic N) is 1. The highest BCUT2D eigenvalue weighted by atomic mass is 32.2. The molecule has 40 heavy (non-hydrogen) atoms. The van der Waals surface area contributed by atoms with E-state index in [1.54, 1.807) is 51.8 Å². The number of carboxylic acid groups (broad SMARTS) is 1. The molecule has 1 atom stereocenters. The summed E-state index contributed by atoms with van der Waals surface area (Å²) in [5.41, 5.74) is 1.05. The molecule has 5 N–H and O–H groups in total. The van der Waals surface area contributed by atoms with Gasteiger partial charge in [-0.1, -0.05) is 24.3 Å². The third kappa shape index (κ3) is 11.2. The molecule has 2 heterocycles. The lowest BCUT2D eigenvalue weighted by Gasteiger charge is -2.27. The summed E-state index contributed by atoms with van der Waals surface area (Å²) in [5, 5.41) is 20.5. The summed E-state index contributed by atoms with van der Waals surface area (Å²) in [4.78, 5) is 41.2. The lowest BCUT2D eigenvalue weighted by atomic mass is 10.1. The van der Waals surface area contributed by atoms with Crippen LogP contribution < -0.4 is 20.7 Å². The van der Waals surface area contributed by atoms with Crippen LogP contribution in [0.5, 0.6) is 0 Å². The summed E-state index contributed by atoms with van der Waals surface area (Å²) in [6, 6.07) is 13.0. The van der Waals surface area contributed by atoms with Crippen molar-refractivity contribution < 1.29 is 27.9 Å². The Morgan fingerprint density at radius 3 is 2.20 bits per heavy atom. The first-order valence-corrected chi connectivity index (χ1v) is 16.2. The predicted octanol–water partition coefficient (Wildman–Crippen LogP) is 4.02. The third-order valence-electron chi connectivity index (χ3n) is 5.65. The summed E-state index contributed by atoms with van der Waals surface area (Å²) in [5.74, 6) is -0.234. The number of carbonyl (C=O) groups excluding carboxylic acids is 2.